The molecule has 2 heterocycles. The van der Waals surface area contributed by atoms with Crippen molar-refractivity contribution in [3.05, 3.63) is 59.4 Å². The number of ether oxygens (including phenoxy) is 1. The lowest BCUT2D eigenvalue weighted by atomic mass is 10.1. The Balaban J connectivity index is 1.67. The van der Waals surface area contributed by atoms with E-state index < -0.39 is 16.1 Å². The summed E-state index contributed by atoms with van der Waals surface area (Å²) in [4.78, 5) is 12.8. The Morgan fingerprint density at radius 2 is 1.85 bits per heavy atom. The molecule has 1 unspecified atom stereocenters. The smallest absolute Gasteiger partial charge is 0.247 e. The number of rotatable bonds is 7. The zero-order valence-corrected chi connectivity index (χ0v) is 19.5. The molecule has 0 radical (unpaired) electrons. The molecule has 0 bridgehead atoms. The molecule has 1 aliphatic rings. The van der Waals surface area contributed by atoms with Gasteiger partial charge in [-0.15, -0.1) is 10.2 Å². The number of aromatic nitrogens is 2. The summed E-state index contributed by atoms with van der Waals surface area (Å²) < 4.78 is 39.1. The molecule has 1 amide bonds. The third kappa shape index (κ3) is 5.18. The lowest BCUT2D eigenvalue weighted by Gasteiger charge is -2.27. The number of amides is 1. The lowest BCUT2D eigenvalue weighted by molar-refractivity contribution is -0.124. The quantitative estimate of drug-likeness (QED) is 0.540. The Labute approximate surface area is 196 Å². The second kappa shape index (κ2) is 9.90. The standard InChI is InChI=1S/C22H23ClN4O5S/c1-31-17-9-5-15(6-10-17)22-26-25-20(32-22)14-27(19-4-2-3-13-24-21(19)28)33(29,30)18-11-7-16(23)8-12-18/h5-12,19H,2-4,13-14H2,1H3,(H,24,28). The van der Waals surface area contributed by atoms with Gasteiger partial charge >= 0.3 is 0 Å². The number of methoxy groups -OCH3 is 1. The van der Waals surface area contributed by atoms with Gasteiger partial charge < -0.3 is 14.5 Å². The topological polar surface area (TPSA) is 115 Å². The van der Waals surface area contributed by atoms with Crippen LogP contribution in [0.5, 0.6) is 5.75 Å². The average Bonchev–Trinajstić information content (AvgIpc) is 3.19. The highest BCUT2D eigenvalue weighted by atomic mass is 35.5. The molecule has 1 saturated heterocycles. The van der Waals surface area contributed by atoms with Crippen LogP contribution < -0.4 is 10.1 Å². The summed E-state index contributed by atoms with van der Waals surface area (Å²) in [6.45, 7) is 0.262. The summed E-state index contributed by atoms with van der Waals surface area (Å²) in [6, 6.07) is 11.9. The molecule has 33 heavy (non-hydrogen) atoms. The summed E-state index contributed by atoms with van der Waals surface area (Å²) >= 11 is 5.93. The van der Waals surface area contributed by atoms with Gasteiger partial charge in [-0.3, -0.25) is 4.79 Å². The van der Waals surface area contributed by atoms with Gasteiger partial charge in [0.25, 0.3) is 0 Å². The highest BCUT2D eigenvalue weighted by Gasteiger charge is 2.37. The van der Waals surface area contributed by atoms with Gasteiger partial charge in [-0.25, -0.2) is 8.42 Å². The van der Waals surface area contributed by atoms with Crippen LogP contribution in [0.1, 0.15) is 25.2 Å². The van der Waals surface area contributed by atoms with Crippen LogP contribution in [0, 0.1) is 0 Å². The van der Waals surface area contributed by atoms with Gasteiger partial charge in [-0.2, -0.15) is 4.31 Å². The highest BCUT2D eigenvalue weighted by molar-refractivity contribution is 7.89. The summed E-state index contributed by atoms with van der Waals surface area (Å²) in [7, 11) is -2.49. The number of halogens is 1. The summed E-state index contributed by atoms with van der Waals surface area (Å²) in [6.07, 6.45) is 1.87. The number of sulfonamides is 1. The number of nitrogens with one attached hydrogen (secondary N) is 1. The molecular weight excluding hydrogens is 468 g/mol. The van der Waals surface area contributed by atoms with Gasteiger partial charge in [0.05, 0.1) is 18.6 Å². The molecule has 11 heteroatoms. The largest absolute Gasteiger partial charge is 0.497 e. The Morgan fingerprint density at radius 3 is 2.55 bits per heavy atom. The molecule has 4 rings (SSSR count). The second-order valence-electron chi connectivity index (χ2n) is 7.54. The van der Waals surface area contributed by atoms with Gasteiger partial charge in [0.15, 0.2) is 0 Å². The zero-order valence-electron chi connectivity index (χ0n) is 17.9. The van der Waals surface area contributed by atoms with Crippen LogP contribution in [0.4, 0.5) is 0 Å². The van der Waals surface area contributed by atoms with E-state index in [0.29, 0.717) is 35.7 Å². The molecule has 0 aliphatic carbocycles. The fourth-order valence-electron chi connectivity index (χ4n) is 3.60. The van der Waals surface area contributed by atoms with Crippen molar-refractivity contribution in [3.8, 4) is 17.2 Å². The van der Waals surface area contributed by atoms with Crippen LogP contribution in [0.15, 0.2) is 57.8 Å². The van der Waals surface area contributed by atoms with Gasteiger partial charge in [0, 0.05) is 17.1 Å². The van der Waals surface area contributed by atoms with Crippen LogP contribution >= 0.6 is 11.6 Å². The van der Waals surface area contributed by atoms with Gasteiger partial charge in [0.2, 0.25) is 27.7 Å². The fourth-order valence-corrected chi connectivity index (χ4v) is 5.30. The van der Waals surface area contributed by atoms with Crippen molar-refractivity contribution in [1.29, 1.82) is 0 Å². The van der Waals surface area contributed by atoms with Crippen LogP contribution in [0.2, 0.25) is 5.02 Å². The zero-order chi connectivity index (χ0) is 23.4. The third-order valence-electron chi connectivity index (χ3n) is 5.37. The van der Waals surface area contributed by atoms with Crippen molar-refractivity contribution < 1.29 is 22.4 Å². The van der Waals surface area contributed by atoms with E-state index in [1.54, 1.807) is 31.4 Å². The van der Waals surface area contributed by atoms with Crippen molar-refractivity contribution in [2.75, 3.05) is 13.7 Å². The first kappa shape index (κ1) is 23.2. The minimum absolute atomic E-state index is 0.0267. The predicted octanol–water partition coefficient (Wildman–Crippen LogP) is 3.26. The van der Waals surface area contributed by atoms with Crippen LogP contribution in [-0.2, 0) is 21.4 Å². The van der Waals surface area contributed by atoms with E-state index in [9.17, 15) is 13.2 Å². The number of carbonyl (C=O) groups excluding carboxylic acids is 1. The minimum Gasteiger partial charge on any atom is -0.497 e. The molecule has 1 N–H and O–H groups in total. The molecule has 1 atom stereocenters. The Morgan fingerprint density at radius 1 is 1.12 bits per heavy atom. The Kier molecular flexibility index (Phi) is 6.96. The molecule has 1 fully saturated rings. The lowest BCUT2D eigenvalue weighted by Crippen LogP contribution is -2.48. The summed E-state index contributed by atoms with van der Waals surface area (Å²) in [5.41, 5.74) is 0.661. The first-order valence-electron chi connectivity index (χ1n) is 10.4. The van der Waals surface area contributed by atoms with Crippen molar-refractivity contribution in [2.45, 2.75) is 36.7 Å². The van der Waals surface area contributed by atoms with Gasteiger partial charge in [-0.05, 0) is 67.8 Å². The molecule has 2 aromatic carbocycles. The molecular formula is C22H23ClN4O5S. The first-order valence-corrected chi connectivity index (χ1v) is 12.2. The minimum atomic E-state index is -4.06. The van der Waals surface area contributed by atoms with E-state index in [1.165, 1.54) is 24.3 Å². The average molecular weight is 491 g/mol. The molecule has 0 saturated carbocycles. The molecule has 9 nitrogen and oxygen atoms in total. The fraction of sp³-hybridized carbons (Fsp3) is 0.318. The van der Waals surface area contributed by atoms with Crippen molar-refractivity contribution in [3.63, 3.8) is 0 Å². The van der Waals surface area contributed by atoms with Crippen molar-refractivity contribution in [1.82, 2.24) is 19.8 Å². The third-order valence-corrected chi connectivity index (χ3v) is 7.49. The first-order chi connectivity index (χ1) is 15.9. The van der Waals surface area contributed by atoms with Crippen LogP contribution in [0.25, 0.3) is 11.5 Å². The molecule has 1 aliphatic heterocycles. The number of benzene rings is 2. The SMILES string of the molecule is COc1ccc(-c2nnc(CN(C3CCCCNC3=O)S(=O)(=O)c3ccc(Cl)cc3)o2)cc1. The van der Waals surface area contributed by atoms with Gasteiger partial charge in [0.1, 0.15) is 11.8 Å². The monoisotopic (exact) mass is 490 g/mol. The molecule has 3 aromatic rings. The van der Waals surface area contributed by atoms with Crippen molar-refractivity contribution >= 4 is 27.5 Å². The summed E-state index contributed by atoms with van der Waals surface area (Å²) in [5.74, 6) is 0.648. The normalized spacial score (nSPS) is 16.9. The number of hydrogen-bond donors (Lipinski definition) is 1. The van der Waals surface area contributed by atoms with Crippen LogP contribution in [0.3, 0.4) is 0 Å². The van der Waals surface area contributed by atoms with E-state index in [-0.39, 0.29) is 29.1 Å². The van der Waals surface area contributed by atoms with Crippen LogP contribution in [-0.4, -0.2) is 48.5 Å². The maximum atomic E-state index is 13.6. The van der Waals surface area contributed by atoms with E-state index >= 15 is 0 Å². The second-order valence-corrected chi connectivity index (χ2v) is 9.86. The summed E-state index contributed by atoms with van der Waals surface area (Å²) in [5, 5.41) is 11.3. The molecule has 174 valence electrons. The molecule has 1 aromatic heterocycles. The van der Waals surface area contributed by atoms with Crippen molar-refractivity contribution in [2.24, 2.45) is 0 Å². The Bertz CT molecular complexity index is 1210. The highest BCUT2D eigenvalue weighted by Crippen LogP contribution is 2.27. The maximum Gasteiger partial charge on any atom is 0.247 e. The van der Waals surface area contributed by atoms with E-state index in [0.717, 1.165) is 10.7 Å². The maximum absolute atomic E-state index is 13.6. The Hall–Kier alpha value is -2.95. The number of hydrogen-bond acceptors (Lipinski definition) is 7. The predicted molar refractivity (Wildman–Crippen MR) is 121 cm³/mol. The van der Waals surface area contributed by atoms with Gasteiger partial charge in [-0.1, -0.05) is 11.6 Å². The number of carbonyl (C=O) groups is 1. The van der Waals surface area contributed by atoms with E-state index in [4.69, 9.17) is 20.8 Å². The van der Waals surface area contributed by atoms with E-state index in [1.807, 2.05) is 0 Å². The van der Waals surface area contributed by atoms with E-state index in [2.05, 4.69) is 15.5 Å². The molecule has 0 spiro atoms. The number of nitrogens with zero attached hydrogens (tertiary/aromatic N) is 3.